The molecule has 1 aliphatic rings. The number of rotatable bonds is 7. The number of imide groups is 1. The number of ether oxygens (including phenoxy) is 1. The van der Waals surface area contributed by atoms with Crippen molar-refractivity contribution in [2.75, 3.05) is 33.4 Å². The van der Waals surface area contributed by atoms with E-state index in [9.17, 15) is 14.7 Å². The second-order valence-corrected chi connectivity index (χ2v) is 5.68. The van der Waals surface area contributed by atoms with E-state index in [1.807, 2.05) is 0 Å². The molecule has 0 bridgehead atoms. The molecule has 1 atom stereocenters. The quantitative estimate of drug-likeness (QED) is 0.553. The fourth-order valence-corrected chi connectivity index (χ4v) is 2.51. The lowest BCUT2D eigenvalue weighted by molar-refractivity contribution is 0.0541. The summed E-state index contributed by atoms with van der Waals surface area (Å²) in [5.74, 6) is -0.731. The number of hydrogen-bond donors (Lipinski definition) is 2. The molecule has 6 nitrogen and oxygen atoms in total. The van der Waals surface area contributed by atoms with Gasteiger partial charge in [0.15, 0.2) is 0 Å². The van der Waals surface area contributed by atoms with E-state index in [0.717, 1.165) is 9.37 Å². The van der Waals surface area contributed by atoms with Gasteiger partial charge in [-0.15, -0.1) is 0 Å². The SMILES string of the molecule is COCCNCC(O)CN1C(=O)c2ccc(Br)cc2C1=O. The number of halogens is 1. The Morgan fingerprint density at radius 3 is 2.76 bits per heavy atom. The van der Waals surface area contributed by atoms with Crippen LogP contribution in [0.4, 0.5) is 0 Å². The van der Waals surface area contributed by atoms with Crippen molar-refractivity contribution in [3.05, 3.63) is 33.8 Å². The summed E-state index contributed by atoms with van der Waals surface area (Å²) in [7, 11) is 1.59. The maximum atomic E-state index is 12.2. The number of aliphatic hydroxyl groups excluding tert-OH is 1. The highest BCUT2D eigenvalue weighted by molar-refractivity contribution is 9.10. The van der Waals surface area contributed by atoms with Gasteiger partial charge in [-0.25, -0.2) is 0 Å². The number of benzene rings is 1. The third-order valence-corrected chi connectivity index (χ3v) is 3.68. The molecule has 2 rings (SSSR count). The van der Waals surface area contributed by atoms with Crippen molar-refractivity contribution in [3.8, 4) is 0 Å². The molecule has 0 radical (unpaired) electrons. The normalized spacial score (nSPS) is 15.5. The number of carbonyl (C=O) groups is 2. The summed E-state index contributed by atoms with van der Waals surface area (Å²) in [5, 5.41) is 12.9. The van der Waals surface area contributed by atoms with Crippen LogP contribution in [0.5, 0.6) is 0 Å². The molecular weight excluding hydrogens is 340 g/mol. The highest BCUT2D eigenvalue weighted by Gasteiger charge is 2.36. The van der Waals surface area contributed by atoms with Crippen LogP contribution in [0.2, 0.25) is 0 Å². The number of fused-ring (bicyclic) bond motifs is 1. The van der Waals surface area contributed by atoms with Gasteiger partial charge in [-0.3, -0.25) is 14.5 Å². The van der Waals surface area contributed by atoms with E-state index in [2.05, 4.69) is 21.2 Å². The van der Waals surface area contributed by atoms with Gasteiger partial charge in [0.25, 0.3) is 11.8 Å². The van der Waals surface area contributed by atoms with Crippen molar-refractivity contribution in [1.29, 1.82) is 0 Å². The molecular formula is C14H17BrN2O4. The highest BCUT2D eigenvalue weighted by Crippen LogP contribution is 2.25. The minimum atomic E-state index is -0.812. The third-order valence-electron chi connectivity index (χ3n) is 3.19. The van der Waals surface area contributed by atoms with Gasteiger partial charge in [0.05, 0.1) is 30.4 Å². The monoisotopic (exact) mass is 356 g/mol. The molecule has 0 aliphatic carbocycles. The number of methoxy groups -OCH3 is 1. The predicted octanol–water partition coefficient (Wildman–Crippen LogP) is 0.642. The summed E-state index contributed by atoms with van der Waals surface area (Å²) in [4.78, 5) is 25.5. The first-order valence-electron chi connectivity index (χ1n) is 6.58. The zero-order chi connectivity index (χ0) is 15.4. The molecule has 0 saturated heterocycles. The van der Waals surface area contributed by atoms with Crippen LogP contribution in [0.15, 0.2) is 22.7 Å². The van der Waals surface area contributed by atoms with Gasteiger partial charge in [-0.05, 0) is 18.2 Å². The van der Waals surface area contributed by atoms with Gasteiger partial charge in [-0.2, -0.15) is 0 Å². The summed E-state index contributed by atoms with van der Waals surface area (Å²) in [6, 6.07) is 4.96. The summed E-state index contributed by atoms with van der Waals surface area (Å²) >= 11 is 3.28. The minimum absolute atomic E-state index is 0.0239. The molecule has 1 aromatic rings. The van der Waals surface area contributed by atoms with E-state index in [4.69, 9.17) is 4.74 Å². The molecule has 0 aromatic heterocycles. The minimum Gasteiger partial charge on any atom is -0.390 e. The van der Waals surface area contributed by atoms with Crippen molar-refractivity contribution < 1.29 is 19.4 Å². The Hall–Kier alpha value is -1.28. The molecule has 2 amide bonds. The molecule has 1 heterocycles. The fourth-order valence-electron chi connectivity index (χ4n) is 2.15. The first-order chi connectivity index (χ1) is 10.0. The number of aliphatic hydroxyl groups is 1. The molecule has 1 aliphatic heterocycles. The number of carbonyl (C=O) groups excluding carboxylic acids is 2. The van der Waals surface area contributed by atoms with Crippen molar-refractivity contribution in [2.45, 2.75) is 6.10 Å². The maximum absolute atomic E-state index is 12.2. The third kappa shape index (κ3) is 3.68. The second-order valence-electron chi connectivity index (χ2n) is 4.76. The first-order valence-corrected chi connectivity index (χ1v) is 7.37. The van der Waals surface area contributed by atoms with E-state index < -0.39 is 6.10 Å². The largest absolute Gasteiger partial charge is 0.390 e. The Labute approximate surface area is 131 Å². The fraction of sp³-hybridized carbons (Fsp3) is 0.429. The Morgan fingerprint density at radius 2 is 2.05 bits per heavy atom. The zero-order valence-electron chi connectivity index (χ0n) is 11.6. The smallest absolute Gasteiger partial charge is 0.261 e. The Balaban J connectivity index is 1.96. The van der Waals surface area contributed by atoms with Crippen LogP contribution in [0, 0.1) is 0 Å². The van der Waals surface area contributed by atoms with Gasteiger partial charge in [0.2, 0.25) is 0 Å². The zero-order valence-corrected chi connectivity index (χ0v) is 13.2. The van der Waals surface area contributed by atoms with Gasteiger partial charge in [0.1, 0.15) is 0 Å². The average molecular weight is 357 g/mol. The van der Waals surface area contributed by atoms with Gasteiger partial charge in [-0.1, -0.05) is 15.9 Å². The van der Waals surface area contributed by atoms with E-state index in [0.29, 0.717) is 30.8 Å². The number of nitrogens with zero attached hydrogens (tertiary/aromatic N) is 1. The van der Waals surface area contributed by atoms with Crippen LogP contribution < -0.4 is 5.32 Å². The lowest BCUT2D eigenvalue weighted by Gasteiger charge is -2.18. The Bertz CT molecular complexity index is 550. The van der Waals surface area contributed by atoms with Crippen LogP contribution in [-0.4, -0.2) is 61.3 Å². The maximum Gasteiger partial charge on any atom is 0.261 e. The van der Waals surface area contributed by atoms with E-state index >= 15 is 0 Å². The van der Waals surface area contributed by atoms with Gasteiger partial charge >= 0.3 is 0 Å². The number of amides is 2. The predicted molar refractivity (Wildman–Crippen MR) is 80.3 cm³/mol. The molecule has 114 valence electrons. The molecule has 21 heavy (non-hydrogen) atoms. The Morgan fingerprint density at radius 1 is 1.33 bits per heavy atom. The second kappa shape index (κ2) is 7.13. The molecule has 0 saturated carbocycles. The lowest BCUT2D eigenvalue weighted by atomic mass is 10.1. The van der Waals surface area contributed by atoms with E-state index in [1.54, 1.807) is 25.3 Å². The van der Waals surface area contributed by atoms with Crippen LogP contribution >= 0.6 is 15.9 Å². The van der Waals surface area contributed by atoms with Crippen molar-refractivity contribution in [2.24, 2.45) is 0 Å². The van der Waals surface area contributed by atoms with Crippen molar-refractivity contribution in [3.63, 3.8) is 0 Å². The standard InChI is InChI=1S/C14H17BrN2O4/c1-21-5-4-16-7-10(18)8-17-13(19)11-3-2-9(15)6-12(11)14(17)20/h2-3,6,10,16,18H,4-5,7-8H2,1H3. The van der Waals surface area contributed by atoms with Crippen molar-refractivity contribution in [1.82, 2.24) is 10.2 Å². The van der Waals surface area contributed by atoms with E-state index in [-0.39, 0.29) is 18.4 Å². The average Bonchev–Trinajstić information content (AvgIpc) is 2.68. The number of β-amino-alcohol motifs (C(OH)–C–C–N with tert-alkyl or cyclic N) is 1. The highest BCUT2D eigenvalue weighted by atomic mass is 79.9. The molecule has 2 N–H and O–H groups in total. The molecule has 1 unspecified atom stereocenters. The van der Waals surface area contributed by atoms with E-state index in [1.165, 1.54) is 0 Å². The summed E-state index contributed by atoms with van der Waals surface area (Å²) in [6.07, 6.45) is -0.812. The molecule has 0 spiro atoms. The molecule has 0 fully saturated rings. The topological polar surface area (TPSA) is 78.9 Å². The summed E-state index contributed by atoms with van der Waals surface area (Å²) in [6.45, 7) is 1.40. The van der Waals surface area contributed by atoms with Crippen LogP contribution in [0.1, 0.15) is 20.7 Å². The summed E-state index contributed by atoms with van der Waals surface area (Å²) in [5.41, 5.74) is 0.747. The van der Waals surface area contributed by atoms with Crippen molar-refractivity contribution >= 4 is 27.7 Å². The van der Waals surface area contributed by atoms with Gasteiger partial charge in [0, 0.05) is 24.7 Å². The van der Waals surface area contributed by atoms with Gasteiger partial charge < -0.3 is 15.2 Å². The first kappa shape index (κ1) is 16.1. The summed E-state index contributed by atoms with van der Waals surface area (Å²) < 4.78 is 5.62. The Kier molecular flexibility index (Phi) is 5.46. The molecule has 7 heteroatoms. The number of hydrogen-bond acceptors (Lipinski definition) is 5. The molecule has 1 aromatic carbocycles. The van der Waals surface area contributed by atoms with Crippen LogP contribution in [0.3, 0.4) is 0 Å². The van der Waals surface area contributed by atoms with Crippen LogP contribution in [0.25, 0.3) is 0 Å². The van der Waals surface area contributed by atoms with Crippen LogP contribution in [-0.2, 0) is 4.74 Å². The number of nitrogens with one attached hydrogen (secondary N) is 1. The lowest BCUT2D eigenvalue weighted by Crippen LogP contribution is -2.41.